The number of anilines is 1. The number of carbonyl (C=O) groups excluding carboxylic acids is 2. The van der Waals surface area contributed by atoms with Crippen molar-refractivity contribution in [1.82, 2.24) is 0 Å². The Morgan fingerprint density at radius 3 is 2.48 bits per heavy atom. The maximum absolute atomic E-state index is 13.4. The van der Waals surface area contributed by atoms with Gasteiger partial charge in [-0.15, -0.1) is 0 Å². The highest BCUT2D eigenvalue weighted by Crippen LogP contribution is 2.42. The van der Waals surface area contributed by atoms with Gasteiger partial charge in [0.1, 0.15) is 16.9 Å². The molecule has 2 aromatic rings. The summed E-state index contributed by atoms with van der Waals surface area (Å²) in [5.74, 6) is -1.56. The second kappa shape index (κ2) is 9.12. The van der Waals surface area contributed by atoms with Crippen molar-refractivity contribution in [2.45, 2.75) is 18.6 Å². The van der Waals surface area contributed by atoms with Crippen molar-refractivity contribution in [3.05, 3.63) is 75.5 Å². The minimum absolute atomic E-state index is 0.0979. The number of nitrogens with zero attached hydrogens (tertiary/aromatic N) is 2. The average Bonchev–Trinajstić information content (AvgIpc) is 3.01. The fourth-order valence-electron chi connectivity index (χ4n) is 2.83. The number of rotatable bonds is 5. The molecule has 1 fully saturated rings. The fraction of sp³-hybridized carbons (Fsp3) is 0.190. The molecule has 0 N–H and O–H groups in total. The van der Waals surface area contributed by atoms with Gasteiger partial charge in [0.25, 0.3) is 0 Å². The van der Waals surface area contributed by atoms with Crippen LogP contribution in [0.2, 0.25) is 5.02 Å². The Hall–Kier alpha value is -2.82. The van der Waals surface area contributed by atoms with E-state index >= 15 is 0 Å². The first-order valence-electron chi connectivity index (χ1n) is 8.76. The summed E-state index contributed by atoms with van der Waals surface area (Å²) in [4.78, 5) is 26.7. The van der Waals surface area contributed by atoms with Gasteiger partial charge in [-0.25, -0.2) is 9.18 Å². The number of halogens is 2. The van der Waals surface area contributed by atoms with Crippen molar-refractivity contribution in [2.24, 2.45) is 0 Å². The highest BCUT2D eigenvalue weighted by atomic mass is 35.5. The monoisotopic (exact) mass is 430 g/mol. The SMILES string of the molecule is CCOC(=O)/C(C#N)=C1\S[C@@H](Cc2ccc(Cl)cc2)C(=O)N1c1ccc(F)cc1. The largest absolute Gasteiger partial charge is 0.462 e. The lowest BCUT2D eigenvalue weighted by Gasteiger charge is -2.18. The molecule has 0 unspecified atom stereocenters. The topological polar surface area (TPSA) is 70.4 Å². The summed E-state index contributed by atoms with van der Waals surface area (Å²) in [7, 11) is 0. The normalized spacial score (nSPS) is 17.8. The van der Waals surface area contributed by atoms with Crippen molar-refractivity contribution in [2.75, 3.05) is 11.5 Å². The second-order valence-electron chi connectivity index (χ2n) is 6.10. The van der Waals surface area contributed by atoms with Crippen LogP contribution in [0.25, 0.3) is 0 Å². The third-order valence-corrected chi connectivity index (χ3v) is 5.69. The first-order valence-corrected chi connectivity index (χ1v) is 10.0. The van der Waals surface area contributed by atoms with Crippen LogP contribution in [0.15, 0.2) is 59.1 Å². The standard InChI is InChI=1S/C21H16ClFN2O3S/c1-2-28-21(27)17(12-24)20-25(16-9-7-15(23)8-10-16)19(26)18(29-20)11-13-3-5-14(22)6-4-13/h3-10,18H,2,11H2,1H3/b20-17-/t18-/m0/s1. The van der Waals surface area contributed by atoms with Crippen LogP contribution in [0.4, 0.5) is 10.1 Å². The molecule has 8 heteroatoms. The van der Waals surface area contributed by atoms with E-state index in [-0.39, 0.29) is 23.1 Å². The predicted molar refractivity (Wildman–Crippen MR) is 110 cm³/mol. The lowest BCUT2D eigenvalue weighted by Crippen LogP contribution is -2.30. The molecule has 2 aromatic carbocycles. The Balaban J connectivity index is 2.02. The van der Waals surface area contributed by atoms with Gasteiger partial charge in [0.2, 0.25) is 5.91 Å². The zero-order valence-electron chi connectivity index (χ0n) is 15.4. The first-order chi connectivity index (χ1) is 13.9. The highest BCUT2D eigenvalue weighted by Gasteiger charge is 2.41. The van der Waals surface area contributed by atoms with Crippen molar-refractivity contribution < 1.29 is 18.7 Å². The third kappa shape index (κ3) is 4.61. The van der Waals surface area contributed by atoms with E-state index < -0.39 is 17.0 Å². The number of benzene rings is 2. The van der Waals surface area contributed by atoms with Crippen LogP contribution in [-0.2, 0) is 20.7 Å². The van der Waals surface area contributed by atoms with E-state index in [1.807, 2.05) is 18.2 Å². The van der Waals surface area contributed by atoms with Crippen LogP contribution in [-0.4, -0.2) is 23.7 Å². The maximum atomic E-state index is 13.4. The van der Waals surface area contributed by atoms with Crippen molar-refractivity contribution >= 4 is 40.9 Å². The minimum atomic E-state index is -0.801. The number of hydrogen-bond acceptors (Lipinski definition) is 5. The van der Waals surface area contributed by atoms with E-state index in [9.17, 15) is 19.2 Å². The molecular formula is C21H16ClFN2O3S. The van der Waals surface area contributed by atoms with Gasteiger partial charge >= 0.3 is 5.97 Å². The summed E-state index contributed by atoms with van der Waals surface area (Å²) < 4.78 is 18.3. The Morgan fingerprint density at radius 1 is 1.24 bits per heavy atom. The molecule has 1 saturated heterocycles. The summed E-state index contributed by atoms with van der Waals surface area (Å²) in [6.45, 7) is 1.73. The van der Waals surface area contributed by atoms with E-state index in [2.05, 4.69) is 0 Å². The van der Waals surface area contributed by atoms with Gasteiger partial charge in [0.05, 0.1) is 11.9 Å². The summed E-state index contributed by atoms with van der Waals surface area (Å²) in [5.41, 5.74) is 0.998. The summed E-state index contributed by atoms with van der Waals surface area (Å²) in [6, 6.07) is 14.2. The van der Waals surface area contributed by atoms with Crippen LogP contribution in [0, 0.1) is 17.1 Å². The summed E-state index contributed by atoms with van der Waals surface area (Å²) in [5, 5.41) is 9.76. The molecule has 1 amide bonds. The molecule has 148 valence electrons. The third-order valence-electron chi connectivity index (χ3n) is 4.18. The molecule has 29 heavy (non-hydrogen) atoms. The number of ether oxygens (including phenoxy) is 1. The van der Waals surface area contributed by atoms with Gasteiger partial charge in [0.15, 0.2) is 5.57 Å². The predicted octanol–water partition coefficient (Wildman–Crippen LogP) is 4.47. The van der Waals surface area contributed by atoms with Gasteiger partial charge in [-0.05, 0) is 55.3 Å². The van der Waals surface area contributed by atoms with Crippen LogP contribution >= 0.6 is 23.4 Å². The van der Waals surface area contributed by atoms with E-state index in [1.165, 1.54) is 29.2 Å². The number of nitriles is 1. The molecule has 0 bridgehead atoms. The van der Waals surface area contributed by atoms with Crippen LogP contribution in [0.3, 0.4) is 0 Å². The number of hydrogen-bond donors (Lipinski definition) is 0. The lowest BCUT2D eigenvalue weighted by atomic mass is 10.1. The molecule has 0 aliphatic carbocycles. The Bertz CT molecular complexity index is 1000. The van der Waals surface area contributed by atoms with Crippen LogP contribution in [0.1, 0.15) is 12.5 Å². The Morgan fingerprint density at radius 2 is 1.90 bits per heavy atom. The van der Waals surface area contributed by atoms with E-state index in [4.69, 9.17) is 16.3 Å². The van der Waals surface area contributed by atoms with Gasteiger partial charge in [-0.1, -0.05) is 35.5 Å². The zero-order chi connectivity index (χ0) is 21.0. The maximum Gasteiger partial charge on any atom is 0.351 e. The highest BCUT2D eigenvalue weighted by molar-refractivity contribution is 8.05. The lowest BCUT2D eigenvalue weighted by molar-refractivity contribution is -0.138. The van der Waals surface area contributed by atoms with E-state index in [1.54, 1.807) is 19.1 Å². The number of thioether (sulfide) groups is 1. The van der Waals surface area contributed by atoms with Crippen molar-refractivity contribution in [3.8, 4) is 6.07 Å². The smallest absolute Gasteiger partial charge is 0.351 e. The molecule has 1 aliphatic rings. The molecule has 0 spiro atoms. The number of esters is 1. The Kier molecular flexibility index (Phi) is 6.57. The average molecular weight is 431 g/mol. The summed E-state index contributed by atoms with van der Waals surface area (Å²) >= 11 is 7.03. The zero-order valence-corrected chi connectivity index (χ0v) is 17.0. The first kappa shape index (κ1) is 20.9. The minimum Gasteiger partial charge on any atom is -0.462 e. The van der Waals surface area contributed by atoms with Gasteiger partial charge < -0.3 is 4.74 Å². The molecule has 0 saturated carbocycles. The molecule has 1 heterocycles. The molecule has 0 radical (unpaired) electrons. The van der Waals surface area contributed by atoms with Gasteiger partial charge in [-0.2, -0.15) is 5.26 Å². The number of amides is 1. The van der Waals surface area contributed by atoms with Crippen molar-refractivity contribution in [3.63, 3.8) is 0 Å². The van der Waals surface area contributed by atoms with E-state index in [0.717, 1.165) is 17.3 Å². The Labute approximate surface area is 176 Å². The molecule has 1 atom stereocenters. The number of carbonyl (C=O) groups is 2. The van der Waals surface area contributed by atoms with Crippen LogP contribution in [0.5, 0.6) is 0 Å². The van der Waals surface area contributed by atoms with Gasteiger partial charge in [0, 0.05) is 10.7 Å². The second-order valence-corrected chi connectivity index (χ2v) is 7.73. The quantitative estimate of drug-likeness (QED) is 0.397. The molecule has 1 aliphatic heterocycles. The summed E-state index contributed by atoms with van der Waals surface area (Å²) in [6.07, 6.45) is 0.378. The molecule has 3 rings (SSSR count). The van der Waals surface area contributed by atoms with Gasteiger partial charge in [-0.3, -0.25) is 9.69 Å². The molecular weight excluding hydrogens is 415 g/mol. The molecule has 5 nitrogen and oxygen atoms in total. The molecule has 0 aromatic heterocycles. The van der Waals surface area contributed by atoms with Crippen molar-refractivity contribution in [1.29, 1.82) is 5.26 Å². The van der Waals surface area contributed by atoms with Crippen LogP contribution < -0.4 is 4.90 Å². The fourth-order valence-corrected chi connectivity index (χ4v) is 4.26. The van der Waals surface area contributed by atoms with E-state index in [0.29, 0.717) is 17.1 Å².